The summed E-state index contributed by atoms with van der Waals surface area (Å²) in [4.78, 5) is 66.1. The number of hydrogen-bond acceptors (Lipinski definition) is 15. The second-order valence-electron chi connectivity index (χ2n) is 12.5. The van der Waals surface area contributed by atoms with E-state index in [1.807, 2.05) is 21.8 Å². The number of piperazine rings is 1. The van der Waals surface area contributed by atoms with Crippen LogP contribution in [-0.4, -0.2) is 131 Å². The number of aromatic nitrogens is 2. The number of nitrogens with one attached hydrogen (secondary N) is 1. The molecule has 0 aliphatic carbocycles. The van der Waals surface area contributed by atoms with Crippen LogP contribution >= 0.6 is 22.9 Å². The number of anilines is 2. The Morgan fingerprint density at radius 3 is 1.63 bits per heavy atom. The van der Waals surface area contributed by atoms with E-state index in [4.69, 9.17) is 47.5 Å². The number of carboxylic acid groups (broad SMARTS) is 4. The number of amides is 2. The number of aryl methyl sites for hydroxylation is 2. The molecule has 7 N–H and O–H groups in total. The zero-order valence-corrected chi connectivity index (χ0v) is 34.2. The van der Waals surface area contributed by atoms with E-state index >= 15 is 0 Å². The molecule has 5 rings (SSSR count). The van der Waals surface area contributed by atoms with Gasteiger partial charge in [0.1, 0.15) is 28.0 Å². The summed E-state index contributed by atoms with van der Waals surface area (Å²) in [5, 5.41) is 50.9. The first-order valence-corrected chi connectivity index (χ1v) is 19.4. The molecule has 336 valence electrons. The van der Waals surface area contributed by atoms with Crippen molar-refractivity contribution in [3.63, 3.8) is 0 Å². The first-order valence-electron chi connectivity index (χ1n) is 16.7. The molecule has 2 fully saturated rings. The molecule has 1 unspecified atom stereocenters. The summed E-state index contributed by atoms with van der Waals surface area (Å²) in [5.74, 6) is -6.90. The molecule has 0 saturated carbocycles. The molecule has 62 heavy (non-hydrogen) atoms. The van der Waals surface area contributed by atoms with E-state index in [1.54, 1.807) is 25.7 Å². The van der Waals surface area contributed by atoms with Gasteiger partial charge in [-0.15, -0.1) is 11.3 Å². The second kappa shape index (κ2) is 20.9. The van der Waals surface area contributed by atoms with Crippen LogP contribution in [0.2, 0.25) is 4.34 Å². The number of alkyl halides is 6. The maximum absolute atomic E-state index is 12.5. The lowest BCUT2D eigenvalue weighted by Gasteiger charge is -2.40. The maximum atomic E-state index is 12.5. The Labute approximate surface area is 355 Å². The van der Waals surface area contributed by atoms with E-state index in [0.717, 1.165) is 11.3 Å². The lowest BCUT2D eigenvalue weighted by molar-refractivity contribution is -0.193. The predicted molar refractivity (Wildman–Crippen MR) is 202 cm³/mol. The van der Waals surface area contributed by atoms with Gasteiger partial charge >= 0.3 is 42.3 Å². The molecule has 0 spiro atoms. The van der Waals surface area contributed by atoms with E-state index in [-0.39, 0.29) is 63.9 Å². The minimum atomic E-state index is -5.08. The van der Waals surface area contributed by atoms with Crippen LogP contribution < -0.4 is 20.3 Å². The third kappa shape index (κ3) is 14.0. The Hall–Kier alpha value is -6.49. The number of aliphatic carboxylic acids is 2. The first-order chi connectivity index (χ1) is 28.4. The molecule has 1 atom stereocenters. The summed E-state index contributed by atoms with van der Waals surface area (Å²) in [5.41, 5.74) is 6.76. The number of sulfonamides is 1. The number of urea groups is 1. The highest BCUT2D eigenvalue weighted by atomic mass is 35.5. The molecule has 2 saturated heterocycles. The van der Waals surface area contributed by atoms with Crippen molar-refractivity contribution in [3.05, 3.63) is 62.2 Å². The number of pyridine rings is 2. The minimum Gasteiger partial charge on any atom is -0.478 e. The fourth-order valence-electron chi connectivity index (χ4n) is 5.06. The lowest BCUT2D eigenvalue weighted by Crippen LogP contribution is -2.56. The van der Waals surface area contributed by atoms with Crippen LogP contribution in [0.5, 0.6) is 0 Å². The average molecular weight is 944 g/mol. The van der Waals surface area contributed by atoms with Crippen LogP contribution in [0.25, 0.3) is 0 Å². The molecule has 2 aliphatic heterocycles. The number of aromatic carboxylic acids is 2. The van der Waals surface area contributed by atoms with Gasteiger partial charge in [-0.05, 0) is 45.0 Å². The van der Waals surface area contributed by atoms with Crippen molar-refractivity contribution >= 4 is 74.5 Å². The number of rotatable bonds is 6. The zero-order valence-electron chi connectivity index (χ0n) is 31.8. The third-order valence-electron chi connectivity index (χ3n) is 8.00. The van der Waals surface area contributed by atoms with E-state index in [1.165, 1.54) is 29.2 Å². The smallest absolute Gasteiger partial charge is 0.478 e. The predicted octanol–water partition coefficient (Wildman–Crippen LogP) is 3.66. The Balaban J connectivity index is 0.000000353. The topological polar surface area (TPSA) is 322 Å². The SMILES string of the molecule is Cc1nc(N2CC(N)C2)c(C#N)cc1C(=O)O.Cc1nc(N2CCN(C(=O)NS(=O)(=O)c3ccc(Cl)s3)CC2C)c(C#N)cc1C(=O)O.O=C(O)C(F)(F)F.O=C(O)C(F)(F)F. The number of carbonyl (C=O) groups is 5. The van der Waals surface area contributed by atoms with Crippen LogP contribution in [0.4, 0.5) is 42.8 Å². The molecule has 0 radical (unpaired) electrons. The minimum absolute atomic E-state index is 0.0511. The van der Waals surface area contributed by atoms with E-state index in [0.29, 0.717) is 34.8 Å². The van der Waals surface area contributed by atoms with Crippen LogP contribution in [-0.2, 0) is 19.6 Å². The van der Waals surface area contributed by atoms with Crippen molar-refractivity contribution < 1.29 is 79.2 Å². The van der Waals surface area contributed by atoms with Gasteiger partial charge in [-0.1, -0.05) is 11.6 Å². The molecule has 3 aromatic rings. The van der Waals surface area contributed by atoms with Gasteiger partial charge in [0.05, 0.1) is 38.0 Å². The summed E-state index contributed by atoms with van der Waals surface area (Å²) < 4.78 is 90.5. The van der Waals surface area contributed by atoms with E-state index in [9.17, 15) is 59.5 Å². The standard InChI is InChI=1S/C18H18ClN5O5S2.C11H12N4O2.2C2HF3O2/c1-10-9-23(18(27)22-31(28,29)15-4-3-14(19)30-15)5-6-24(10)16-12(8-20)7-13(17(25)26)11(2)21-16;1-6-9(11(16)17)2-7(3-12)10(14-6)15-4-8(13)5-15;2*3-2(4,5)1(6)7/h3-4,7,10H,5-6,9H2,1-2H3,(H,22,27)(H,25,26);2,8H,4-5,13H2,1H3,(H,16,17);2*(H,6,7). The lowest BCUT2D eigenvalue weighted by atomic mass is 10.1. The Bertz CT molecular complexity index is 2380. The highest BCUT2D eigenvalue weighted by molar-refractivity contribution is 7.92. The van der Waals surface area contributed by atoms with Gasteiger partial charge in [0.25, 0.3) is 10.0 Å². The van der Waals surface area contributed by atoms with Crippen LogP contribution in [0, 0.1) is 36.5 Å². The molecule has 29 heteroatoms. The zero-order chi connectivity index (χ0) is 47.7. The van der Waals surface area contributed by atoms with Crippen molar-refractivity contribution in [2.45, 2.75) is 49.4 Å². The van der Waals surface area contributed by atoms with Gasteiger partial charge < -0.3 is 40.9 Å². The van der Waals surface area contributed by atoms with Crippen LogP contribution in [0.1, 0.15) is 50.2 Å². The highest BCUT2D eigenvalue weighted by Gasteiger charge is 2.39. The quantitative estimate of drug-likeness (QED) is 0.192. The number of thiophene rings is 1. The van der Waals surface area contributed by atoms with Gasteiger partial charge in [-0.2, -0.15) is 36.9 Å². The van der Waals surface area contributed by atoms with Crippen LogP contribution in [0.15, 0.2) is 28.5 Å². The van der Waals surface area contributed by atoms with Gasteiger partial charge in [0.15, 0.2) is 0 Å². The number of carbonyl (C=O) groups excluding carboxylic acids is 1. The Kier molecular flexibility index (Phi) is 17.4. The molecule has 2 aliphatic rings. The van der Waals surface area contributed by atoms with Gasteiger partial charge in [-0.3, -0.25) is 0 Å². The number of nitriles is 2. The molecular weight excluding hydrogens is 912 g/mol. The van der Waals surface area contributed by atoms with Crippen molar-refractivity contribution in [2.75, 3.05) is 42.5 Å². The van der Waals surface area contributed by atoms with Crippen molar-refractivity contribution in [3.8, 4) is 12.1 Å². The number of hydrogen-bond donors (Lipinski definition) is 6. The van der Waals surface area contributed by atoms with Crippen molar-refractivity contribution in [1.82, 2.24) is 19.6 Å². The normalized spacial score (nSPS) is 15.0. The number of carboxylic acids is 4. The maximum Gasteiger partial charge on any atom is 0.490 e. The number of halogens is 7. The summed E-state index contributed by atoms with van der Waals surface area (Å²) in [6.07, 6.45) is -10.2. The molecule has 3 aromatic heterocycles. The summed E-state index contributed by atoms with van der Waals surface area (Å²) in [6, 6.07) is 8.39. The summed E-state index contributed by atoms with van der Waals surface area (Å²) in [6.45, 7) is 6.91. The molecule has 2 amide bonds. The van der Waals surface area contributed by atoms with Gasteiger partial charge in [0.2, 0.25) is 0 Å². The fourth-order valence-corrected chi connectivity index (χ4v) is 7.51. The fraction of sp³-hybridized carbons (Fsp3) is 0.364. The van der Waals surface area contributed by atoms with Crippen LogP contribution in [0.3, 0.4) is 0 Å². The third-order valence-corrected chi connectivity index (χ3v) is 11.0. The highest BCUT2D eigenvalue weighted by Crippen LogP contribution is 2.28. The largest absolute Gasteiger partial charge is 0.490 e. The molecular formula is C33H32ClF6N9O11S2. The molecule has 5 heterocycles. The summed E-state index contributed by atoms with van der Waals surface area (Å²) in [7, 11) is -4.03. The second-order valence-corrected chi connectivity index (χ2v) is 16.2. The number of nitrogens with two attached hydrogens (primary N) is 1. The molecule has 0 bridgehead atoms. The van der Waals surface area contributed by atoms with Gasteiger partial charge in [-0.25, -0.2) is 47.1 Å². The molecule has 0 aromatic carbocycles. The van der Waals surface area contributed by atoms with E-state index in [2.05, 4.69) is 9.97 Å². The summed E-state index contributed by atoms with van der Waals surface area (Å²) >= 11 is 6.62. The number of nitrogens with zero attached hydrogens (tertiary/aromatic N) is 7. The Morgan fingerprint density at radius 1 is 0.839 bits per heavy atom. The van der Waals surface area contributed by atoms with Crippen molar-refractivity contribution in [2.24, 2.45) is 5.73 Å². The monoisotopic (exact) mass is 943 g/mol. The first kappa shape index (κ1) is 51.7. The average Bonchev–Trinajstić information content (AvgIpc) is 3.60. The Morgan fingerprint density at radius 2 is 1.27 bits per heavy atom. The molecule has 20 nitrogen and oxygen atoms in total. The van der Waals surface area contributed by atoms with Gasteiger partial charge in [0, 0.05) is 44.8 Å². The van der Waals surface area contributed by atoms with E-state index < -0.39 is 52.3 Å². The van der Waals surface area contributed by atoms with Crippen molar-refractivity contribution in [1.29, 1.82) is 10.5 Å².